The SMILES string of the molecule is CCn1cnn(CN(C)C(C)c2nc3ccccc3s2)c1=S. The maximum atomic E-state index is 5.42. The van der Waals surface area contributed by atoms with Crippen LogP contribution in [0.15, 0.2) is 30.6 Å². The Labute approximate surface area is 138 Å². The first-order valence-electron chi connectivity index (χ1n) is 7.28. The number of aryl methyl sites for hydroxylation is 1. The molecule has 1 unspecified atom stereocenters. The first kappa shape index (κ1) is 15.3. The third-order valence-corrected chi connectivity index (χ3v) is 5.48. The summed E-state index contributed by atoms with van der Waals surface area (Å²) in [6.07, 6.45) is 1.79. The summed E-state index contributed by atoms with van der Waals surface area (Å²) in [6, 6.07) is 8.46. The summed E-state index contributed by atoms with van der Waals surface area (Å²) in [4.78, 5) is 6.94. The molecule has 7 heteroatoms. The summed E-state index contributed by atoms with van der Waals surface area (Å²) in [7, 11) is 2.07. The van der Waals surface area contributed by atoms with Crippen LogP contribution in [0.2, 0.25) is 0 Å². The van der Waals surface area contributed by atoms with Crippen LogP contribution in [0, 0.1) is 4.77 Å². The van der Waals surface area contributed by atoms with Crippen molar-refractivity contribution in [2.75, 3.05) is 7.05 Å². The van der Waals surface area contributed by atoms with E-state index in [0.29, 0.717) is 6.67 Å². The summed E-state index contributed by atoms with van der Waals surface area (Å²) in [5, 5.41) is 5.48. The van der Waals surface area contributed by atoms with Crippen LogP contribution in [0.25, 0.3) is 10.2 Å². The van der Waals surface area contributed by atoms with Gasteiger partial charge < -0.3 is 4.57 Å². The molecule has 2 aromatic heterocycles. The van der Waals surface area contributed by atoms with Crippen LogP contribution in [0.3, 0.4) is 0 Å². The van der Waals surface area contributed by atoms with Gasteiger partial charge in [0.2, 0.25) is 0 Å². The number of benzene rings is 1. The average molecular weight is 333 g/mol. The van der Waals surface area contributed by atoms with E-state index in [1.54, 1.807) is 17.7 Å². The lowest BCUT2D eigenvalue weighted by molar-refractivity contribution is 0.194. The van der Waals surface area contributed by atoms with E-state index < -0.39 is 0 Å². The summed E-state index contributed by atoms with van der Waals surface area (Å²) in [5.41, 5.74) is 1.06. The molecule has 0 radical (unpaired) electrons. The van der Waals surface area contributed by atoms with Crippen LogP contribution in [-0.2, 0) is 13.2 Å². The van der Waals surface area contributed by atoms with Gasteiger partial charge in [-0.15, -0.1) is 11.3 Å². The van der Waals surface area contributed by atoms with Gasteiger partial charge in [-0.3, -0.25) is 4.90 Å². The zero-order valence-electron chi connectivity index (χ0n) is 12.9. The molecule has 0 fully saturated rings. The van der Waals surface area contributed by atoms with E-state index in [0.717, 1.165) is 21.8 Å². The highest BCUT2D eigenvalue weighted by atomic mass is 32.1. The number of rotatable bonds is 5. The van der Waals surface area contributed by atoms with E-state index in [2.05, 4.69) is 49.1 Å². The van der Waals surface area contributed by atoms with Gasteiger partial charge in [0.25, 0.3) is 0 Å². The monoisotopic (exact) mass is 333 g/mol. The molecule has 22 heavy (non-hydrogen) atoms. The number of hydrogen-bond donors (Lipinski definition) is 0. The Morgan fingerprint density at radius 1 is 1.36 bits per heavy atom. The molecule has 0 amide bonds. The Bertz CT molecular complexity index is 799. The fourth-order valence-electron chi connectivity index (χ4n) is 2.28. The topological polar surface area (TPSA) is 38.9 Å². The van der Waals surface area contributed by atoms with Gasteiger partial charge in [-0.05, 0) is 45.2 Å². The van der Waals surface area contributed by atoms with Crippen LogP contribution in [0.4, 0.5) is 0 Å². The standard InChI is InChI=1S/C15H19N5S2/c1-4-19-9-16-20(15(19)21)10-18(3)11(2)14-17-12-7-5-6-8-13(12)22-14/h5-9,11H,4,10H2,1-3H3. The largest absolute Gasteiger partial charge is 0.307 e. The van der Waals surface area contributed by atoms with Gasteiger partial charge in [0, 0.05) is 6.54 Å². The molecule has 0 aliphatic carbocycles. The minimum Gasteiger partial charge on any atom is -0.307 e. The third kappa shape index (κ3) is 2.84. The number of aromatic nitrogens is 4. The fraction of sp³-hybridized carbons (Fsp3) is 0.400. The molecule has 2 heterocycles. The van der Waals surface area contributed by atoms with E-state index in [-0.39, 0.29) is 6.04 Å². The van der Waals surface area contributed by atoms with Crippen molar-refractivity contribution in [3.05, 3.63) is 40.4 Å². The van der Waals surface area contributed by atoms with E-state index in [1.807, 2.05) is 15.3 Å². The number of para-hydroxylation sites is 1. The van der Waals surface area contributed by atoms with Crippen molar-refractivity contribution in [1.82, 2.24) is 24.2 Å². The summed E-state index contributed by atoms with van der Waals surface area (Å²) in [6.45, 7) is 5.73. The van der Waals surface area contributed by atoms with Gasteiger partial charge in [-0.1, -0.05) is 12.1 Å². The van der Waals surface area contributed by atoms with Crippen LogP contribution in [0.5, 0.6) is 0 Å². The van der Waals surface area contributed by atoms with Crippen molar-refractivity contribution in [3.63, 3.8) is 0 Å². The highest BCUT2D eigenvalue weighted by molar-refractivity contribution is 7.71. The second kappa shape index (κ2) is 6.28. The molecule has 0 saturated heterocycles. The van der Waals surface area contributed by atoms with Crippen LogP contribution in [0.1, 0.15) is 24.9 Å². The summed E-state index contributed by atoms with van der Waals surface area (Å²) < 4.78 is 5.80. The van der Waals surface area contributed by atoms with Gasteiger partial charge in [0.15, 0.2) is 4.77 Å². The van der Waals surface area contributed by atoms with Crippen LogP contribution >= 0.6 is 23.6 Å². The van der Waals surface area contributed by atoms with Crippen molar-refractivity contribution in [3.8, 4) is 0 Å². The maximum Gasteiger partial charge on any atom is 0.198 e. The van der Waals surface area contributed by atoms with Crippen molar-refractivity contribution in [2.45, 2.75) is 33.1 Å². The highest BCUT2D eigenvalue weighted by Gasteiger charge is 2.17. The molecule has 0 saturated carbocycles. The lowest BCUT2D eigenvalue weighted by Crippen LogP contribution is -2.26. The Morgan fingerprint density at radius 2 is 2.14 bits per heavy atom. The summed E-state index contributed by atoms with van der Waals surface area (Å²) in [5.74, 6) is 0. The molecular weight excluding hydrogens is 314 g/mol. The normalized spacial score (nSPS) is 13.1. The van der Waals surface area contributed by atoms with Crippen molar-refractivity contribution in [1.29, 1.82) is 0 Å². The first-order chi connectivity index (χ1) is 10.6. The quantitative estimate of drug-likeness (QED) is 0.668. The Balaban J connectivity index is 1.80. The molecular formula is C15H19N5S2. The average Bonchev–Trinajstić information content (AvgIpc) is 3.10. The molecule has 0 spiro atoms. The van der Waals surface area contributed by atoms with Crippen LogP contribution in [-0.4, -0.2) is 31.3 Å². The molecule has 1 atom stereocenters. The van der Waals surface area contributed by atoms with E-state index in [9.17, 15) is 0 Å². The maximum absolute atomic E-state index is 5.42. The number of nitrogens with zero attached hydrogens (tertiary/aromatic N) is 5. The second-order valence-electron chi connectivity index (χ2n) is 5.29. The lowest BCUT2D eigenvalue weighted by atomic mass is 10.3. The predicted octanol–water partition coefficient (Wildman–Crippen LogP) is 3.69. The smallest absolute Gasteiger partial charge is 0.198 e. The van der Waals surface area contributed by atoms with Gasteiger partial charge in [-0.2, -0.15) is 5.10 Å². The molecule has 116 valence electrons. The van der Waals surface area contributed by atoms with E-state index in [1.165, 1.54) is 4.70 Å². The first-order valence-corrected chi connectivity index (χ1v) is 8.50. The van der Waals surface area contributed by atoms with E-state index >= 15 is 0 Å². The molecule has 0 aliphatic rings. The zero-order valence-corrected chi connectivity index (χ0v) is 14.6. The van der Waals surface area contributed by atoms with Gasteiger partial charge in [-0.25, -0.2) is 9.67 Å². The molecule has 5 nitrogen and oxygen atoms in total. The third-order valence-electron chi connectivity index (χ3n) is 3.82. The predicted molar refractivity (Wildman–Crippen MR) is 92.5 cm³/mol. The molecule has 0 N–H and O–H groups in total. The number of fused-ring (bicyclic) bond motifs is 1. The van der Waals surface area contributed by atoms with Gasteiger partial charge >= 0.3 is 0 Å². The number of hydrogen-bond acceptors (Lipinski definition) is 5. The minimum absolute atomic E-state index is 0.214. The molecule has 3 aromatic rings. The van der Waals surface area contributed by atoms with Crippen LogP contribution < -0.4 is 0 Å². The lowest BCUT2D eigenvalue weighted by Gasteiger charge is -2.22. The Kier molecular flexibility index (Phi) is 4.37. The van der Waals surface area contributed by atoms with Gasteiger partial charge in [0.1, 0.15) is 11.3 Å². The number of thiazole rings is 1. The molecule has 0 bridgehead atoms. The van der Waals surface area contributed by atoms with E-state index in [4.69, 9.17) is 17.2 Å². The second-order valence-corrected chi connectivity index (χ2v) is 6.72. The molecule has 0 aliphatic heterocycles. The van der Waals surface area contributed by atoms with Gasteiger partial charge in [0.05, 0.1) is 22.9 Å². The zero-order chi connectivity index (χ0) is 15.7. The van der Waals surface area contributed by atoms with Crippen molar-refractivity contribution < 1.29 is 0 Å². The molecule has 3 rings (SSSR count). The van der Waals surface area contributed by atoms with Crippen molar-refractivity contribution >= 4 is 33.8 Å². The fourth-order valence-corrected chi connectivity index (χ4v) is 3.64. The minimum atomic E-state index is 0.214. The van der Waals surface area contributed by atoms with Crippen molar-refractivity contribution in [2.24, 2.45) is 0 Å². The Morgan fingerprint density at radius 3 is 2.82 bits per heavy atom. The molecule has 1 aromatic carbocycles. The highest BCUT2D eigenvalue weighted by Crippen LogP contribution is 2.28. The Hall–Kier alpha value is -1.57. The summed E-state index contributed by atoms with van der Waals surface area (Å²) >= 11 is 7.17.